The molecule has 124 valence electrons. The van der Waals surface area contributed by atoms with Gasteiger partial charge < -0.3 is 4.90 Å². The highest BCUT2D eigenvalue weighted by atomic mass is 15.3. The van der Waals surface area contributed by atoms with Crippen molar-refractivity contribution in [3.63, 3.8) is 0 Å². The fourth-order valence-corrected chi connectivity index (χ4v) is 6.39. The van der Waals surface area contributed by atoms with Crippen LogP contribution in [-0.2, 0) is 11.0 Å². The van der Waals surface area contributed by atoms with E-state index in [2.05, 4.69) is 62.9 Å². The molecular formula is C22H26N2. The predicted molar refractivity (Wildman–Crippen MR) is 98.7 cm³/mol. The van der Waals surface area contributed by atoms with Crippen molar-refractivity contribution in [2.75, 3.05) is 4.90 Å². The summed E-state index contributed by atoms with van der Waals surface area (Å²) in [6.45, 7) is 9.02. The maximum Gasteiger partial charge on any atom is 0.0661 e. The number of hydrogen-bond acceptors (Lipinski definition) is 2. The number of anilines is 1. The number of pyridine rings is 1. The maximum absolute atomic E-state index is 4.82. The Morgan fingerprint density at radius 3 is 2.33 bits per heavy atom. The third-order valence-corrected chi connectivity index (χ3v) is 7.31. The minimum absolute atomic E-state index is 0.183. The molecule has 0 radical (unpaired) electrons. The Bertz CT molecular complexity index is 820. The Morgan fingerprint density at radius 1 is 1.00 bits per heavy atom. The first-order valence-corrected chi connectivity index (χ1v) is 9.34. The van der Waals surface area contributed by atoms with Crippen LogP contribution in [0.25, 0.3) is 0 Å². The van der Waals surface area contributed by atoms with Gasteiger partial charge in [-0.3, -0.25) is 4.98 Å². The van der Waals surface area contributed by atoms with E-state index < -0.39 is 0 Å². The summed E-state index contributed by atoms with van der Waals surface area (Å²) in [7, 11) is 0. The fraction of sp³-hybridized carbons (Fsp3) is 0.500. The summed E-state index contributed by atoms with van der Waals surface area (Å²) in [5, 5.41) is 0. The molecule has 1 atom stereocenters. The molecule has 0 spiro atoms. The van der Waals surface area contributed by atoms with Crippen LogP contribution in [0.5, 0.6) is 0 Å². The van der Waals surface area contributed by atoms with Gasteiger partial charge in [0, 0.05) is 17.2 Å². The topological polar surface area (TPSA) is 16.1 Å². The SMILES string of the molecule is Cc1cc(C)c(N2C(C)C34CCC2(CC3)c2ccccc24)c(C)n1. The lowest BCUT2D eigenvalue weighted by Gasteiger charge is -2.70. The molecule has 2 bridgehead atoms. The Kier molecular flexibility index (Phi) is 2.67. The van der Waals surface area contributed by atoms with Gasteiger partial charge in [0.15, 0.2) is 0 Å². The highest BCUT2D eigenvalue weighted by Gasteiger charge is 2.64. The average Bonchev–Trinajstić information content (AvgIpc) is 2.57. The molecule has 24 heavy (non-hydrogen) atoms. The van der Waals surface area contributed by atoms with E-state index >= 15 is 0 Å². The van der Waals surface area contributed by atoms with Gasteiger partial charge in [0.2, 0.25) is 0 Å². The lowest BCUT2D eigenvalue weighted by atomic mass is 9.47. The van der Waals surface area contributed by atoms with Gasteiger partial charge in [0.1, 0.15) is 0 Å². The van der Waals surface area contributed by atoms with Crippen molar-refractivity contribution in [3.8, 4) is 0 Å². The summed E-state index contributed by atoms with van der Waals surface area (Å²) in [4.78, 5) is 7.60. The van der Waals surface area contributed by atoms with Crippen molar-refractivity contribution in [2.45, 2.75) is 70.4 Å². The number of rotatable bonds is 1. The Hall–Kier alpha value is -1.83. The van der Waals surface area contributed by atoms with Crippen molar-refractivity contribution in [3.05, 3.63) is 58.4 Å². The van der Waals surface area contributed by atoms with Gasteiger partial charge in [0.25, 0.3) is 0 Å². The predicted octanol–water partition coefficient (Wildman–Crippen LogP) is 4.94. The number of nitrogens with zero attached hydrogens (tertiary/aromatic N) is 2. The zero-order valence-electron chi connectivity index (χ0n) is 15.2. The zero-order chi connectivity index (χ0) is 16.7. The molecule has 2 aromatic rings. The van der Waals surface area contributed by atoms with Gasteiger partial charge in [-0.25, -0.2) is 0 Å². The summed E-state index contributed by atoms with van der Waals surface area (Å²) in [5.74, 6) is 0. The number of aryl methyl sites for hydroxylation is 3. The van der Waals surface area contributed by atoms with Crippen molar-refractivity contribution >= 4 is 5.69 Å². The number of piperidine rings is 2. The molecule has 2 saturated heterocycles. The van der Waals surface area contributed by atoms with E-state index in [1.165, 1.54) is 42.6 Å². The third kappa shape index (κ3) is 1.46. The standard InChI is InChI=1S/C22H26N2/c1-14-13-15(2)23-16(3)20(14)24-17(4)21-9-11-22(24,12-10-21)19-8-6-5-7-18(19)21/h5-8,13,17H,9-12H2,1-4H3. The minimum atomic E-state index is 0.183. The van der Waals surface area contributed by atoms with Gasteiger partial charge in [-0.15, -0.1) is 0 Å². The molecule has 6 aliphatic rings. The van der Waals surface area contributed by atoms with E-state index in [9.17, 15) is 0 Å². The molecule has 3 fully saturated rings. The van der Waals surface area contributed by atoms with Crippen LogP contribution in [0.15, 0.2) is 30.3 Å². The lowest BCUT2D eigenvalue weighted by molar-refractivity contribution is 0.0552. The largest absolute Gasteiger partial charge is 0.356 e. The van der Waals surface area contributed by atoms with Crippen molar-refractivity contribution in [1.29, 1.82) is 0 Å². The smallest absolute Gasteiger partial charge is 0.0661 e. The molecule has 1 unspecified atom stereocenters. The third-order valence-electron chi connectivity index (χ3n) is 7.31. The lowest BCUT2D eigenvalue weighted by Crippen LogP contribution is -2.72. The zero-order valence-corrected chi connectivity index (χ0v) is 15.2. The first-order chi connectivity index (χ1) is 11.5. The van der Waals surface area contributed by atoms with E-state index in [1.54, 1.807) is 11.1 Å². The molecule has 8 rings (SSSR count). The summed E-state index contributed by atoms with van der Waals surface area (Å²) in [6.07, 6.45) is 5.28. The summed E-state index contributed by atoms with van der Waals surface area (Å²) >= 11 is 0. The summed E-state index contributed by atoms with van der Waals surface area (Å²) in [6, 6.07) is 12.1. The molecule has 3 aliphatic carbocycles. The highest BCUT2D eigenvalue weighted by Crippen LogP contribution is 2.66. The van der Waals surface area contributed by atoms with Crippen LogP contribution in [-0.4, -0.2) is 11.0 Å². The van der Waals surface area contributed by atoms with Crippen molar-refractivity contribution in [1.82, 2.24) is 4.98 Å². The van der Waals surface area contributed by atoms with Gasteiger partial charge in [0.05, 0.1) is 16.9 Å². The first kappa shape index (κ1) is 14.5. The van der Waals surface area contributed by atoms with Crippen LogP contribution in [0.4, 0.5) is 5.69 Å². The van der Waals surface area contributed by atoms with Crippen molar-refractivity contribution in [2.24, 2.45) is 0 Å². The number of aromatic nitrogens is 1. The van der Waals surface area contributed by atoms with Crippen molar-refractivity contribution < 1.29 is 0 Å². The van der Waals surface area contributed by atoms with E-state index in [-0.39, 0.29) is 5.54 Å². The summed E-state index contributed by atoms with van der Waals surface area (Å²) < 4.78 is 0. The summed E-state index contributed by atoms with van der Waals surface area (Å²) in [5.41, 5.74) is 8.86. The van der Waals surface area contributed by atoms with Gasteiger partial charge >= 0.3 is 0 Å². The second kappa shape index (κ2) is 4.41. The molecular weight excluding hydrogens is 292 g/mol. The molecule has 0 amide bonds. The van der Waals surface area contributed by atoms with E-state index in [0.717, 1.165) is 5.69 Å². The van der Waals surface area contributed by atoms with Crippen LogP contribution < -0.4 is 4.90 Å². The van der Waals surface area contributed by atoms with E-state index in [0.29, 0.717) is 11.5 Å². The Balaban J connectivity index is 1.80. The first-order valence-electron chi connectivity index (χ1n) is 9.34. The molecule has 3 aliphatic heterocycles. The highest BCUT2D eigenvalue weighted by molar-refractivity contribution is 5.67. The van der Waals surface area contributed by atoms with Gasteiger partial charge in [-0.2, -0.15) is 0 Å². The van der Waals surface area contributed by atoms with Crippen LogP contribution >= 0.6 is 0 Å². The Labute approximate surface area is 144 Å². The van der Waals surface area contributed by atoms with Gasteiger partial charge in [-0.1, -0.05) is 24.3 Å². The van der Waals surface area contributed by atoms with E-state index in [1.807, 2.05) is 0 Å². The fourth-order valence-electron chi connectivity index (χ4n) is 6.39. The number of benzene rings is 1. The molecule has 1 aromatic heterocycles. The average molecular weight is 318 g/mol. The number of hydrogen-bond donors (Lipinski definition) is 0. The van der Waals surface area contributed by atoms with E-state index in [4.69, 9.17) is 4.98 Å². The minimum Gasteiger partial charge on any atom is -0.356 e. The Morgan fingerprint density at radius 2 is 1.67 bits per heavy atom. The molecule has 2 heteroatoms. The molecule has 1 aromatic carbocycles. The van der Waals surface area contributed by atoms with Crippen LogP contribution in [0, 0.1) is 20.8 Å². The second-order valence-electron chi connectivity index (χ2n) is 8.29. The van der Waals surface area contributed by atoms with Crippen LogP contribution in [0.2, 0.25) is 0 Å². The molecule has 1 saturated carbocycles. The second-order valence-corrected chi connectivity index (χ2v) is 8.29. The molecule has 0 N–H and O–H groups in total. The monoisotopic (exact) mass is 318 g/mol. The normalized spacial score (nSPS) is 33.0. The molecule has 4 heterocycles. The quantitative estimate of drug-likeness (QED) is 0.740. The molecule has 2 nitrogen and oxygen atoms in total. The van der Waals surface area contributed by atoms with Crippen LogP contribution in [0.1, 0.15) is 60.7 Å². The van der Waals surface area contributed by atoms with Gasteiger partial charge in [-0.05, 0) is 76.1 Å². The maximum atomic E-state index is 4.82. The van der Waals surface area contributed by atoms with Crippen LogP contribution in [0.3, 0.4) is 0 Å².